The Kier molecular flexibility index (Phi) is 6.61. The van der Waals surface area contributed by atoms with Gasteiger partial charge in [0, 0.05) is 43.2 Å². The molecule has 9 nitrogen and oxygen atoms in total. The second kappa shape index (κ2) is 10.1. The standard InChI is InChI=1S/C34H45FN6O3/c1-22-6-11-34(28-24(16-36)26(37)7-10-31(22,28)2)15-27-25(18-44-34)29(40-19-33(20-40)9-3-4-13-43-33)39-30(38-27)42-21-32-8-5-12-41(32)17-23(35)14-32/h7,10,22-23,28H,3-6,8-9,11-15,17-21,37H2,1-2H3. The molecule has 0 radical (unpaired) electrons. The Morgan fingerprint density at radius 2 is 2.05 bits per heavy atom. The molecule has 7 aliphatic rings. The number of nitriles is 1. The number of allylic oxidation sites excluding steroid dienone is 2. The molecule has 2 aliphatic carbocycles. The molecule has 4 saturated heterocycles. The summed E-state index contributed by atoms with van der Waals surface area (Å²) in [5.74, 6) is 1.07. The van der Waals surface area contributed by atoms with Crippen molar-refractivity contribution < 1.29 is 18.6 Å². The number of hydrogen-bond donors (Lipinski definition) is 1. The summed E-state index contributed by atoms with van der Waals surface area (Å²) in [7, 11) is 0. The van der Waals surface area contributed by atoms with Crippen LogP contribution in [0.15, 0.2) is 23.4 Å². The molecule has 1 aromatic rings. The molecule has 5 aliphatic heterocycles. The quantitative estimate of drug-likeness (QED) is 0.536. The van der Waals surface area contributed by atoms with Crippen LogP contribution in [-0.2, 0) is 22.5 Å². The summed E-state index contributed by atoms with van der Waals surface area (Å²) in [4.78, 5) is 14.6. The molecule has 1 aromatic heterocycles. The van der Waals surface area contributed by atoms with Crippen molar-refractivity contribution in [3.63, 3.8) is 0 Å². The number of ether oxygens (including phenoxy) is 3. The molecule has 10 heteroatoms. The van der Waals surface area contributed by atoms with Crippen LogP contribution in [0.2, 0.25) is 0 Å². The number of anilines is 1. The highest BCUT2D eigenvalue weighted by Crippen LogP contribution is 2.59. The van der Waals surface area contributed by atoms with E-state index in [4.69, 9.17) is 29.9 Å². The maximum atomic E-state index is 14.5. The van der Waals surface area contributed by atoms with Gasteiger partial charge in [0.05, 0.1) is 48.2 Å². The lowest BCUT2D eigenvalue weighted by molar-refractivity contribution is -0.156. The highest BCUT2D eigenvalue weighted by molar-refractivity contribution is 5.55. The van der Waals surface area contributed by atoms with E-state index in [9.17, 15) is 9.65 Å². The zero-order valence-electron chi connectivity index (χ0n) is 26.1. The predicted octanol–water partition coefficient (Wildman–Crippen LogP) is 4.36. The van der Waals surface area contributed by atoms with Crippen molar-refractivity contribution in [2.24, 2.45) is 23.0 Å². The van der Waals surface area contributed by atoms with Crippen LogP contribution in [0.5, 0.6) is 6.01 Å². The average molecular weight is 605 g/mol. The number of fused-ring (bicyclic) bond motifs is 4. The summed E-state index contributed by atoms with van der Waals surface area (Å²) in [6, 6.07) is 2.83. The first kappa shape index (κ1) is 28.7. The summed E-state index contributed by atoms with van der Waals surface area (Å²) in [6.07, 6.45) is 11.6. The van der Waals surface area contributed by atoms with E-state index in [1.807, 2.05) is 6.08 Å². The van der Waals surface area contributed by atoms with Crippen LogP contribution >= 0.6 is 0 Å². The molecule has 236 valence electrons. The van der Waals surface area contributed by atoms with E-state index < -0.39 is 11.8 Å². The molecule has 44 heavy (non-hydrogen) atoms. The first-order chi connectivity index (χ1) is 21.2. The smallest absolute Gasteiger partial charge is 0.318 e. The lowest BCUT2D eigenvalue weighted by Crippen LogP contribution is -2.65. The van der Waals surface area contributed by atoms with Crippen LogP contribution < -0.4 is 15.4 Å². The van der Waals surface area contributed by atoms with Crippen molar-refractivity contribution in [3.05, 3.63) is 34.7 Å². The molecule has 2 N–H and O–H groups in total. The van der Waals surface area contributed by atoms with Gasteiger partial charge < -0.3 is 24.8 Å². The van der Waals surface area contributed by atoms with E-state index in [-0.39, 0.29) is 22.5 Å². The minimum atomic E-state index is -0.814. The Hall–Kier alpha value is -2.74. The van der Waals surface area contributed by atoms with Gasteiger partial charge in [0.15, 0.2) is 0 Å². The zero-order chi connectivity index (χ0) is 30.3. The van der Waals surface area contributed by atoms with Gasteiger partial charge in [-0.15, -0.1) is 0 Å². The fourth-order valence-corrected chi connectivity index (χ4v) is 9.87. The molecule has 8 rings (SSSR count). The number of halogens is 1. The van der Waals surface area contributed by atoms with Crippen molar-refractivity contribution in [1.82, 2.24) is 14.9 Å². The average Bonchev–Trinajstić information content (AvgIpc) is 3.53. The van der Waals surface area contributed by atoms with Crippen molar-refractivity contribution in [3.8, 4) is 12.1 Å². The number of rotatable bonds is 4. The maximum Gasteiger partial charge on any atom is 0.318 e. The van der Waals surface area contributed by atoms with Crippen molar-refractivity contribution in [2.75, 3.05) is 44.3 Å². The molecule has 0 bridgehead atoms. The van der Waals surface area contributed by atoms with E-state index in [0.717, 1.165) is 81.8 Å². The van der Waals surface area contributed by atoms with Gasteiger partial charge in [-0.3, -0.25) is 4.90 Å². The summed E-state index contributed by atoms with van der Waals surface area (Å²) < 4.78 is 34.2. The Morgan fingerprint density at radius 1 is 1.18 bits per heavy atom. The largest absolute Gasteiger partial charge is 0.461 e. The Balaban J connectivity index is 1.15. The van der Waals surface area contributed by atoms with Crippen LogP contribution in [0.25, 0.3) is 0 Å². The fraction of sp³-hybridized carbons (Fsp3) is 0.735. The number of nitrogens with zero attached hydrogens (tertiary/aromatic N) is 5. The predicted molar refractivity (Wildman–Crippen MR) is 163 cm³/mol. The molecule has 6 heterocycles. The second-order valence-electron chi connectivity index (χ2n) is 15.0. The topological polar surface area (TPSA) is 110 Å². The third-order valence-electron chi connectivity index (χ3n) is 12.5. The molecule has 0 aromatic carbocycles. The second-order valence-corrected chi connectivity index (χ2v) is 15.0. The van der Waals surface area contributed by atoms with Gasteiger partial charge in [-0.25, -0.2) is 4.39 Å². The Morgan fingerprint density at radius 3 is 2.84 bits per heavy atom. The first-order valence-electron chi connectivity index (χ1n) is 16.7. The van der Waals surface area contributed by atoms with Crippen molar-refractivity contribution >= 4 is 5.82 Å². The van der Waals surface area contributed by atoms with Gasteiger partial charge in [-0.1, -0.05) is 19.9 Å². The van der Waals surface area contributed by atoms with Crippen molar-refractivity contribution in [1.29, 1.82) is 5.26 Å². The third-order valence-corrected chi connectivity index (χ3v) is 12.5. The summed E-state index contributed by atoms with van der Waals surface area (Å²) in [6.45, 7) is 9.09. The SMILES string of the molecule is CC1CCC2(Cc3nc(OCC45CCCN4CC(F)C5)nc(N4CC5(CCCCO5)C4)c3CO2)C2C(C#N)=C(N)C=CC12C. The minimum Gasteiger partial charge on any atom is -0.461 e. The molecule has 1 saturated carbocycles. The van der Waals surface area contributed by atoms with Crippen LogP contribution in [0, 0.1) is 28.6 Å². The Labute approximate surface area is 259 Å². The van der Waals surface area contributed by atoms with E-state index >= 15 is 0 Å². The van der Waals surface area contributed by atoms with Crippen molar-refractivity contribution in [2.45, 2.75) is 101 Å². The number of hydrogen-bond acceptors (Lipinski definition) is 9. The van der Waals surface area contributed by atoms with E-state index in [1.54, 1.807) is 0 Å². The number of aromatic nitrogens is 2. The monoisotopic (exact) mass is 604 g/mol. The molecular formula is C34H45FN6O3. The lowest BCUT2D eigenvalue weighted by Gasteiger charge is -2.57. The highest BCUT2D eigenvalue weighted by atomic mass is 19.1. The molecule has 6 atom stereocenters. The van der Waals surface area contributed by atoms with E-state index in [2.05, 4.69) is 35.8 Å². The van der Waals surface area contributed by atoms with E-state index in [1.165, 1.54) is 6.42 Å². The zero-order valence-corrected chi connectivity index (χ0v) is 26.1. The van der Waals surface area contributed by atoms with Gasteiger partial charge in [-0.2, -0.15) is 15.2 Å². The summed E-state index contributed by atoms with van der Waals surface area (Å²) in [5.41, 5.74) is 8.29. The first-order valence-corrected chi connectivity index (χ1v) is 16.7. The molecule has 5 fully saturated rings. The van der Waals surface area contributed by atoms with Gasteiger partial charge in [-0.05, 0) is 68.9 Å². The van der Waals surface area contributed by atoms with Gasteiger partial charge in [0.2, 0.25) is 0 Å². The molecular weight excluding hydrogens is 559 g/mol. The van der Waals surface area contributed by atoms with Gasteiger partial charge >= 0.3 is 6.01 Å². The van der Waals surface area contributed by atoms with Gasteiger partial charge in [0.25, 0.3) is 0 Å². The van der Waals surface area contributed by atoms with Crippen LogP contribution in [-0.4, -0.2) is 77.2 Å². The lowest BCUT2D eigenvalue weighted by atomic mass is 9.51. The number of alkyl halides is 1. The molecule has 6 unspecified atom stereocenters. The van der Waals surface area contributed by atoms with Crippen LogP contribution in [0.1, 0.15) is 76.5 Å². The van der Waals surface area contributed by atoms with Gasteiger partial charge in [0.1, 0.15) is 24.2 Å². The normalized spacial score (nSPS) is 39.1. The summed E-state index contributed by atoms with van der Waals surface area (Å²) in [5, 5.41) is 10.3. The van der Waals surface area contributed by atoms with Crippen LogP contribution in [0.4, 0.5) is 10.2 Å². The molecule has 0 amide bonds. The number of nitrogens with two attached hydrogens (primary N) is 1. The molecule has 2 spiro atoms. The minimum absolute atomic E-state index is 0.100. The van der Waals surface area contributed by atoms with E-state index in [0.29, 0.717) is 55.8 Å². The summed E-state index contributed by atoms with van der Waals surface area (Å²) >= 11 is 0. The Bertz CT molecular complexity index is 1440. The van der Waals surface area contributed by atoms with Crippen LogP contribution in [0.3, 0.4) is 0 Å². The third kappa shape index (κ3) is 4.25. The fourth-order valence-electron chi connectivity index (χ4n) is 9.87. The maximum absolute atomic E-state index is 14.5. The highest BCUT2D eigenvalue weighted by Gasteiger charge is 2.59.